The number of rotatable bonds is 5. The maximum absolute atomic E-state index is 12.4. The smallest absolute Gasteiger partial charge is 0.249 e. The van der Waals surface area contributed by atoms with Gasteiger partial charge in [-0.05, 0) is 48.4 Å². The third-order valence-corrected chi connectivity index (χ3v) is 4.92. The Balaban J connectivity index is 1.55. The summed E-state index contributed by atoms with van der Waals surface area (Å²) < 4.78 is 10.7. The van der Waals surface area contributed by atoms with Crippen molar-refractivity contribution in [1.29, 1.82) is 0 Å². The molecule has 0 bridgehead atoms. The number of ether oxygens (including phenoxy) is 1. The largest absolute Gasteiger partial charge is 0.497 e. The second kappa shape index (κ2) is 7.40. The first-order chi connectivity index (χ1) is 13.1. The van der Waals surface area contributed by atoms with Crippen molar-refractivity contribution in [1.82, 2.24) is 15.0 Å². The van der Waals surface area contributed by atoms with Gasteiger partial charge in [-0.1, -0.05) is 28.9 Å². The lowest BCUT2D eigenvalue weighted by Gasteiger charge is -2.22. The van der Waals surface area contributed by atoms with Gasteiger partial charge in [0.1, 0.15) is 11.8 Å². The molecule has 0 spiro atoms. The van der Waals surface area contributed by atoms with Crippen molar-refractivity contribution < 1.29 is 14.1 Å². The monoisotopic (exact) mass is 383 g/mol. The molecular formula is C20H18ClN3O3. The number of nitrogens with zero attached hydrogens (tertiary/aromatic N) is 3. The molecule has 1 fully saturated rings. The molecule has 0 saturated carbocycles. The van der Waals surface area contributed by atoms with Gasteiger partial charge in [-0.25, -0.2) is 0 Å². The summed E-state index contributed by atoms with van der Waals surface area (Å²) >= 11 is 5.92. The summed E-state index contributed by atoms with van der Waals surface area (Å²) in [5.74, 6) is 1.82. The molecule has 1 saturated heterocycles. The van der Waals surface area contributed by atoms with Crippen LogP contribution in [0, 0.1) is 0 Å². The molecule has 1 aromatic heterocycles. The van der Waals surface area contributed by atoms with Crippen LogP contribution in [0.5, 0.6) is 5.75 Å². The maximum atomic E-state index is 12.4. The predicted octanol–water partition coefficient (Wildman–Crippen LogP) is 4.26. The number of carbonyl (C=O) groups excluding carboxylic acids is 1. The highest BCUT2D eigenvalue weighted by atomic mass is 35.5. The zero-order chi connectivity index (χ0) is 18.8. The SMILES string of the molecule is COc1ccc(CN2C(=O)CCC2c2nc(-c3ccc(Cl)cc3)no2)cc1. The lowest BCUT2D eigenvalue weighted by atomic mass is 10.1. The molecule has 6 nitrogen and oxygen atoms in total. The quantitative estimate of drug-likeness (QED) is 0.658. The summed E-state index contributed by atoms with van der Waals surface area (Å²) in [6, 6.07) is 14.7. The van der Waals surface area contributed by atoms with Gasteiger partial charge in [-0.15, -0.1) is 0 Å². The minimum atomic E-state index is -0.215. The lowest BCUT2D eigenvalue weighted by molar-refractivity contribution is -0.129. The van der Waals surface area contributed by atoms with Gasteiger partial charge in [0.05, 0.1) is 7.11 Å². The van der Waals surface area contributed by atoms with Crippen LogP contribution in [0.15, 0.2) is 53.1 Å². The molecule has 1 atom stereocenters. The van der Waals surface area contributed by atoms with Gasteiger partial charge in [-0.2, -0.15) is 4.98 Å². The molecular weight excluding hydrogens is 366 g/mol. The van der Waals surface area contributed by atoms with Crippen molar-refractivity contribution in [3.8, 4) is 17.1 Å². The van der Waals surface area contributed by atoms with E-state index in [9.17, 15) is 4.79 Å². The number of amides is 1. The van der Waals surface area contributed by atoms with Crippen LogP contribution in [-0.2, 0) is 11.3 Å². The van der Waals surface area contributed by atoms with E-state index < -0.39 is 0 Å². The second-order valence-corrected chi connectivity index (χ2v) is 6.82. The number of methoxy groups -OCH3 is 1. The molecule has 0 N–H and O–H groups in total. The van der Waals surface area contributed by atoms with E-state index in [4.69, 9.17) is 20.9 Å². The Bertz CT molecular complexity index is 938. The van der Waals surface area contributed by atoms with E-state index in [1.165, 1.54) is 0 Å². The summed E-state index contributed by atoms with van der Waals surface area (Å²) in [6.07, 6.45) is 1.14. The fourth-order valence-electron chi connectivity index (χ4n) is 3.20. The van der Waals surface area contributed by atoms with Crippen LogP contribution in [0.3, 0.4) is 0 Å². The summed E-state index contributed by atoms with van der Waals surface area (Å²) in [4.78, 5) is 18.7. The number of carbonyl (C=O) groups is 1. The van der Waals surface area contributed by atoms with E-state index in [1.54, 1.807) is 24.1 Å². The van der Waals surface area contributed by atoms with Gasteiger partial charge in [0.25, 0.3) is 0 Å². The van der Waals surface area contributed by atoms with Crippen LogP contribution in [0.4, 0.5) is 0 Å². The van der Waals surface area contributed by atoms with E-state index in [2.05, 4.69) is 10.1 Å². The standard InChI is InChI=1S/C20H18ClN3O3/c1-26-16-8-2-13(3-9-16)12-24-17(10-11-18(24)25)20-22-19(23-27-20)14-4-6-15(21)7-5-14/h2-9,17H,10-12H2,1H3. The summed E-state index contributed by atoms with van der Waals surface area (Å²) in [6.45, 7) is 0.492. The third kappa shape index (κ3) is 3.66. The van der Waals surface area contributed by atoms with Gasteiger partial charge in [-0.3, -0.25) is 4.79 Å². The third-order valence-electron chi connectivity index (χ3n) is 4.67. The van der Waals surface area contributed by atoms with E-state index in [-0.39, 0.29) is 11.9 Å². The van der Waals surface area contributed by atoms with Crippen LogP contribution in [0.2, 0.25) is 5.02 Å². The number of halogens is 1. The fourth-order valence-corrected chi connectivity index (χ4v) is 3.33. The Labute approximate surface area is 161 Å². The van der Waals surface area contributed by atoms with E-state index in [0.717, 1.165) is 16.9 Å². The molecule has 2 heterocycles. The van der Waals surface area contributed by atoms with Crippen molar-refractivity contribution in [3.63, 3.8) is 0 Å². The van der Waals surface area contributed by atoms with Crippen LogP contribution in [-0.4, -0.2) is 28.1 Å². The molecule has 7 heteroatoms. The summed E-state index contributed by atoms with van der Waals surface area (Å²) in [7, 11) is 1.63. The number of likely N-dealkylation sites (tertiary alicyclic amines) is 1. The van der Waals surface area contributed by atoms with Gasteiger partial charge in [0, 0.05) is 23.6 Å². The van der Waals surface area contributed by atoms with Gasteiger partial charge in [0.15, 0.2) is 0 Å². The number of hydrogen-bond donors (Lipinski definition) is 0. The average Bonchev–Trinajstić information content (AvgIpc) is 3.31. The topological polar surface area (TPSA) is 68.5 Å². The first-order valence-corrected chi connectivity index (χ1v) is 9.04. The van der Waals surface area contributed by atoms with Crippen molar-refractivity contribution >= 4 is 17.5 Å². The van der Waals surface area contributed by atoms with Crippen molar-refractivity contribution in [2.45, 2.75) is 25.4 Å². The molecule has 27 heavy (non-hydrogen) atoms. The molecule has 1 aliphatic heterocycles. The van der Waals surface area contributed by atoms with Crippen LogP contribution in [0.25, 0.3) is 11.4 Å². The van der Waals surface area contributed by atoms with Crippen LogP contribution in [0.1, 0.15) is 30.3 Å². The Kier molecular flexibility index (Phi) is 4.81. The highest BCUT2D eigenvalue weighted by molar-refractivity contribution is 6.30. The lowest BCUT2D eigenvalue weighted by Crippen LogP contribution is -2.27. The minimum Gasteiger partial charge on any atom is -0.497 e. The average molecular weight is 384 g/mol. The highest BCUT2D eigenvalue weighted by Gasteiger charge is 2.36. The molecule has 0 radical (unpaired) electrons. The fraction of sp³-hybridized carbons (Fsp3) is 0.250. The summed E-state index contributed by atoms with van der Waals surface area (Å²) in [5, 5.41) is 4.71. The van der Waals surface area contributed by atoms with Crippen molar-refractivity contribution in [3.05, 3.63) is 65.0 Å². The predicted molar refractivity (Wildman–Crippen MR) is 100 cm³/mol. The number of aromatic nitrogens is 2. The summed E-state index contributed by atoms with van der Waals surface area (Å²) in [5.41, 5.74) is 1.84. The Morgan fingerprint density at radius 2 is 1.93 bits per heavy atom. The molecule has 1 unspecified atom stereocenters. The molecule has 1 amide bonds. The van der Waals surface area contributed by atoms with Crippen LogP contribution >= 0.6 is 11.6 Å². The maximum Gasteiger partial charge on any atom is 0.249 e. The first kappa shape index (κ1) is 17.5. The van der Waals surface area contributed by atoms with E-state index in [0.29, 0.717) is 36.1 Å². The number of hydrogen-bond acceptors (Lipinski definition) is 5. The first-order valence-electron chi connectivity index (χ1n) is 8.66. The van der Waals surface area contributed by atoms with Gasteiger partial charge in [0.2, 0.25) is 17.6 Å². The molecule has 138 valence electrons. The molecule has 4 rings (SSSR count). The molecule has 0 aliphatic carbocycles. The normalized spacial score (nSPS) is 16.7. The van der Waals surface area contributed by atoms with E-state index in [1.807, 2.05) is 36.4 Å². The van der Waals surface area contributed by atoms with Gasteiger partial charge < -0.3 is 14.2 Å². The van der Waals surface area contributed by atoms with E-state index >= 15 is 0 Å². The Hall–Kier alpha value is -2.86. The zero-order valence-corrected chi connectivity index (χ0v) is 15.5. The van der Waals surface area contributed by atoms with Crippen molar-refractivity contribution in [2.24, 2.45) is 0 Å². The molecule has 1 aliphatic rings. The highest BCUT2D eigenvalue weighted by Crippen LogP contribution is 2.34. The number of benzene rings is 2. The molecule has 3 aromatic rings. The molecule has 2 aromatic carbocycles. The second-order valence-electron chi connectivity index (χ2n) is 6.39. The van der Waals surface area contributed by atoms with Crippen LogP contribution < -0.4 is 4.74 Å². The van der Waals surface area contributed by atoms with Gasteiger partial charge >= 0.3 is 0 Å². The Morgan fingerprint density at radius 3 is 2.63 bits per heavy atom. The Morgan fingerprint density at radius 1 is 1.19 bits per heavy atom. The zero-order valence-electron chi connectivity index (χ0n) is 14.8. The minimum absolute atomic E-state index is 0.0852. The van der Waals surface area contributed by atoms with Crippen molar-refractivity contribution in [2.75, 3.05) is 7.11 Å².